The third kappa shape index (κ3) is 6.45. The number of ether oxygens (including phenoxy) is 1. The summed E-state index contributed by atoms with van der Waals surface area (Å²) in [5.74, 6) is 1.20. The fraction of sp³-hybridized carbons (Fsp3) is 0.224. The molecule has 0 spiro atoms. The molecule has 5 aromatic carbocycles. The van der Waals surface area contributed by atoms with Crippen LogP contribution < -0.4 is 4.74 Å². The quantitative estimate of drug-likeness (QED) is 0.156. The molecular formula is C49H45N3OPt. The molecule has 0 saturated carbocycles. The Labute approximate surface area is 334 Å². The second-order valence-electron chi connectivity index (χ2n) is 16.4. The number of benzene rings is 5. The smallest absolute Gasteiger partial charge is 0.509 e. The van der Waals surface area contributed by atoms with Gasteiger partial charge in [0, 0.05) is 30.1 Å². The van der Waals surface area contributed by atoms with Crippen molar-refractivity contribution in [2.75, 3.05) is 0 Å². The number of hydrogen-bond donors (Lipinski definition) is 0. The summed E-state index contributed by atoms with van der Waals surface area (Å²) in [7, 11) is 0. The van der Waals surface area contributed by atoms with Crippen LogP contribution in [-0.2, 0) is 37.3 Å². The van der Waals surface area contributed by atoms with Crippen LogP contribution in [0.4, 0.5) is 0 Å². The van der Waals surface area contributed by atoms with Gasteiger partial charge in [-0.3, -0.25) is 9.67 Å². The van der Waals surface area contributed by atoms with E-state index >= 15 is 0 Å². The Balaban J connectivity index is 0.00000450. The van der Waals surface area contributed by atoms with Crippen molar-refractivity contribution in [2.45, 2.75) is 71.6 Å². The molecular weight excluding hydrogens is 842 g/mol. The van der Waals surface area contributed by atoms with E-state index in [1.165, 1.54) is 50.1 Å². The zero-order chi connectivity index (χ0) is 37.1. The zero-order valence-corrected chi connectivity index (χ0v) is 34.5. The van der Waals surface area contributed by atoms with Crippen LogP contribution in [0.5, 0.6) is 11.5 Å². The Hall–Kier alpha value is -5.05. The van der Waals surface area contributed by atoms with Gasteiger partial charge >= 0.3 is 21.1 Å². The Kier molecular flexibility index (Phi) is 9.65. The zero-order valence-electron chi connectivity index (χ0n) is 32.2. The van der Waals surface area contributed by atoms with Crippen LogP contribution in [0.2, 0.25) is 0 Å². The molecule has 0 aliphatic heterocycles. The van der Waals surface area contributed by atoms with Crippen LogP contribution in [0, 0.1) is 26.0 Å². The molecule has 5 heteroatoms. The number of nitrogens with zero attached hydrogens (tertiary/aromatic N) is 3. The molecule has 2 aromatic heterocycles. The van der Waals surface area contributed by atoms with Gasteiger partial charge in [-0.25, -0.2) is 0 Å². The van der Waals surface area contributed by atoms with Gasteiger partial charge in [0.2, 0.25) is 0 Å². The van der Waals surface area contributed by atoms with Crippen molar-refractivity contribution in [1.82, 2.24) is 14.8 Å². The summed E-state index contributed by atoms with van der Waals surface area (Å²) in [5, 5.41) is 4.53. The van der Waals surface area contributed by atoms with E-state index in [1.807, 2.05) is 35.3 Å². The Morgan fingerprint density at radius 2 is 1.28 bits per heavy atom. The van der Waals surface area contributed by atoms with Crippen LogP contribution in [0.25, 0.3) is 27.9 Å². The number of aryl methyl sites for hydroxylation is 2. The van der Waals surface area contributed by atoms with E-state index in [2.05, 4.69) is 164 Å². The Morgan fingerprint density at radius 1 is 0.630 bits per heavy atom. The van der Waals surface area contributed by atoms with Gasteiger partial charge in [-0.05, 0) is 98.6 Å². The third-order valence-corrected chi connectivity index (χ3v) is 10.7. The van der Waals surface area contributed by atoms with Crippen molar-refractivity contribution in [3.63, 3.8) is 0 Å². The summed E-state index contributed by atoms with van der Waals surface area (Å²) in [5.41, 5.74) is 13.9. The first kappa shape index (κ1) is 37.3. The molecule has 4 nitrogen and oxygen atoms in total. The maximum Gasteiger partial charge on any atom is 2.00 e. The van der Waals surface area contributed by atoms with Crippen molar-refractivity contribution in [3.05, 3.63) is 185 Å². The molecule has 0 amide bonds. The van der Waals surface area contributed by atoms with E-state index in [9.17, 15) is 0 Å². The van der Waals surface area contributed by atoms with Crippen molar-refractivity contribution in [2.24, 2.45) is 0 Å². The van der Waals surface area contributed by atoms with Gasteiger partial charge in [0.1, 0.15) is 0 Å². The molecule has 2 heterocycles. The number of aromatic nitrogens is 3. The average molecular weight is 887 g/mol. The second-order valence-corrected chi connectivity index (χ2v) is 16.4. The minimum atomic E-state index is -0.738. The topological polar surface area (TPSA) is 39.9 Å². The van der Waals surface area contributed by atoms with E-state index in [0.29, 0.717) is 11.5 Å². The first-order chi connectivity index (χ1) is 25.3. The molecule has 1 aliphatic carbocycles. The summed E-state index contributed by atoms with van der Waals surface area (Å²) < 4.78 is 8.62. The fourth-order valence-corrected chi connectivity index (χ4v) is 7.92. The summed E-state index contributed by atoms with van der Waals surface area (Å²) in [6, 6.07) is 46.3. The van der Waals surface area contributed by atoms with Crippen molar-refractivity contribution in [3.8, 4) is 39.4 Å². The molecule has 0 atom stereocenters. The standard InChI is InChI=1S/C49H45N3O.Pt/c1-32-14-11-15-33(2)46(32)34-26-38(52-25-13-24-51-52)31-40(27-34)53-39-17-12-16-37(28-39)49(45-18-9-10-23-50-45)43-29-35(47(3,4)5)19-21-41(43)42-22-20-36(30-44(42)49)48(6,7)8;/h9-27,29-30H,1-8H3;/q-2;+2. The normalized spacial score (nSPS) is 13.2. The minimum Gasteiger partial charge on any atom is -0.509 e. The summed E-state index contributed by atoms with van der Waals surface area (Å²) in [6.45, 7) is 18.0. The maximum absolute atomic E-state index is 6.80. The molecule has 272 valence electrons. The monoisotopic (exact) mass is 886 g/mol. The summed E-state index contributed by atoms with van der Waals surface area (Å²) in [4.78, 5) is 5.13. The number of rotatable bonds is 6. The van der Waals surface area contributed by atoms with Gasteiger partial charge in [0.05, 0.1) is 11.1 Å². The molecule has 7 aromatic rings. The SMILES string of the molecule is Cc1cccc(C)c1-c1cc(Oc2[c-]c(C3(c4ccccn4)c4cc(C(C)(C)C)ccc4-c4ccc(C(C)(C)C)cc43)ccc2)[c-]c(-n2cccn2)c1.[Pt+2]. The van der Waals surface area contributed by atoms with Gasteiger partial charge in [-0.1, -0.05) is 102 Å². The molecule has 0 radical (unpaired) electrons. The molecule has 8 rings (SSSR count). The van der Waals surface area contributed by atoms with E-state index in [4.69, 9.17) is 9.72 Å². The van der Waals surface area contributed by atoms with Crippen LogP contribution in [0.1, 0.15) is 86.2 Å². The van der Waals surface area contributed by atoms with Gasteiger partial charge in [-0.15, -0.1) is 41.5 Å². The third-order valence-electron chi connectivity index (χ3n) is 10.7. The second kappa shape index (κ2) is 14.0. The maximum atomic E-state index is 6.80. The van der Waals surface area contributed by atoms with Gasteiger partial charge < -0.3 is 4.74 Å². The Morgan fingerprint density at radius 3 is 1.85 bits per heavy atom. The van der Waals surface area contributed by atoms with Crippen molar-refractivity contribution < 1.29 is 25.8 Å². The molecule has 0 N–H and O–H groups in total. The van der Waals surface area contributed by atoms with Crippen LogP contribution in [-0.4, -0.2) is 14.8 Å². The first-order valence-electron chi connectivity index (χ1n) is 18.4. The van der Waals surface area contributed by atoms with E-state index in [0.717, 1.165) is 22.5 Å². The van der Waals surface area contributed by atoms with Crippen LogP contribution in [0.15, 0.2) is 128 Å². The molecule has 0 saturated heterocycles. The van der Waals surface area contributed by atoms with Crippen LogP contribution >= 0.6 is 0 Å². The van der Waals surface area contributed by atoms with E-state index in [1.54, 1.807) is 6.20 Å². The Bertz CT molecular complexity index is 2390. The number of hydrogen-bond acceptors (Lipinski definition) is 3. The molecule has 0 fully saturated rings. The summed E-state index contributed by atoms with van der Waals surface area (Å²) >= 11 is 0. The fourth-order valence-electron chi connectivity index (χ4n) is 7.92. The van der Waals surface area contributed by atoms with Gasteiger partial charge in [0.25, 0.3) is 0 Å². The first-order valence-corrected chi connectivity index (χ1v) is 18.4. The van der Waals surface area contributed by atoms with Crippen molar-refractivity contribution >= 4 is 0 Å². The minimum absolute atomic E-state index is 0. The van der Waals surface area contributed by atoms with E-state index in [-0.39, 0.29) is 31.9 Å². The predicted octanol–water partition coefficient (Wildman–Crippen LogP) is 11.9. The van der Waals surface area contributed by atoms with E-state index < -0.39 is 5.41 Å². The predicted molar refractivity (Wildman–Crippen MR) is 215 cm³/mol. The van der Waals surface area contributed by atoms with Crippen molar-refractivity contribution in [1.29, 1.82) is 0 Å². The molecule has 0 bridgehead atoms. The largest absolute Gasteiger partial charge is 2.00 e. The molecule has 54 heavy (non-hydrogen) atoms. The number of fused-ring (bicyclic) bond motifs is 3. The van der Waals surface area contributed by atoms with Gasteiger partial charge in [0.15, 0.2) is 0 Å². The average Bonchev–Trinajstić information content (AvgIpc) is 3.77. The van der Waals surface area contributed by atoms with Crippen LogP contribution in [0.3, 0.4) is 0 Å². The molecule has 1 aliphatic rings. The van der Waals surface area contributed by atoms with Gasteiger partial charge in [-0.2, -0.15) is 17.2 Å². The molecule has 0 unspecified atom stereocenters. The summed E-state index contributed by atoms with van der Waals surface area (Å²) in [6.07, 6.45) is 5.61. The number of pyridine rings is 1.